The van der Waals surface area contributed by atoms with Crippen molar-refractivity contribution in [2.75, 3.05) is 0 Å². The van der Waals surface area contributed by atoms with E-state index in [2.05, 4.69) is 103 Å². The Balaban J connectivity index is 1.68. The molecule has 0 bridgehead atoms. The molecule has 0 aliphatic heterocycles. The number of H-pyrrole nitrogens is 1. The molecule has 0 radical (unpaired) electrons. The van der Waals surface area contributed by atoms with E-state index in [0.29, 0.717) is 0 Å². The second-order valence-electron chi connectivity index (χ2n) is 9.24. The van der Waals surface area contributed by atoms with E-state index in [0.717, 1.165) is 18.5 Å². The third-order valence-corrected chi connectivity index (χ3v) is 7.82. The summed E-state index contributed by atoms with van der Waals surface area (Å²) in [4.78, 5) is 3.77. The maximum Gasteiger partial charge on any atom is 0.0722 e. The Bertz CT molecular complexity index is 1590. The average molecular weight is 424 g/mol. The van der Waals surface area contributed by atoms with Crippen LogP contribution in [-0.4, -0.2) is 4.98 Å². The lowest BCUT2D eigenvalue weighted by Gasteiger charge is -2.32. The van der Waals surface area contributed by atoms with E-state index in [9.17, 15) is 0 Å². The molecule has 1 unspecified atom stereocenters. The van der Waals surface area contributed by atoms with Gasteiger partial charge in [-0.25, -0.2) is 0 Å². The molecule has 4 aromatic rings. The summed E-state index contributed by atoms with van der Waals surface area (Å²) in [5, 5.41) is 1.24. The van der Waals surface area contributed by atoms with Crippen molar-refractivity contribution >= 4 is 28.6 Å². The molecule has 7 rings (SSSR count). The molecule has 1 N–H and O–H groups in total. The summed E-state index contributed by atoms with van der Waals surface area (Å²) < 4.78 is 0. The lowest BCUT2D eigenvalue weighted by Crippen LogP contribution is -2.27. The molecule has 0 amide bonds. The molecule has 1 heterocycles. The first-order valence-corrected chi connectivity index (χ1v) is 11.8. The number of rotatable bonds is 2. The minimum atomic E-state index is -0.247. The Kier molecular flexibility index (Phi) is 3.73. The van der Waals surface area contributed by atoms with Crippen LogP contribution in [-0.2, 0) is 5.41 Å². The fraction of sp³-hybridized carbons (Fsp3) is 0.125. The molecule has 1 nitrogen and oxygen atoms in total. The fourth-order valence-corrected chi connectivity index (χ4v) is 6.68. The van der Waals surface area contributed by atoms with Gasteiger partial charge < -0.3 is 4.98 Å². The molecule has 0 fully saturated rings. The number of allylic oxidation sites excluding steroid dienone is 5. The van der Waals surface area contributed by atoms with Gasteiger partial charge in [0.2, 0.25) is 0 Å². The van der Waals surface area contributed by atoms with Gasteiger partial charge in [-0.05, 0) is 64.8 Å². The topological polar surface area (TPSA) is 15.8 Å². The monoisotopic (exact) mass is 423 g/mol. The van der Waals surface area contributed by atoms with Crippen molar-refractivity contribution in [3.05, 3.63) is 125 Å². The molecule has 1 aromatic heterocycles. The van der Waals surface area contributed by atoms with Gasteiger partial charge in [0.1, 0.15) is 0 Å². The van der Waals surface area contributed by atoms with Gasteiger partial charge in [0.25, 0.3) is 0 Å². The van der Waals surface area contributed by atoms with Crippen molar-refractivity contribution in [3.63, 3.8) is 0 Å². The van der Waals surface area contributed by atoms with E-state index in [1.165, 1.54) is 61.0 Å². The molecule has 3 aromatic carbocycles. The predicted molar refractivity (Wildman–Crippen MR) is 140 cm³/mol. The van der Waals surface area contributed by atoms with E-state index >= 15 is 0 Å². The molecule has 3 aliphatic carbocycles. The largest absolute Gasteiger partial charge is 0.354 e. The Hall–Kier alpha value is -3.84. The summed E-state index contributed by atoms with van der Waals surface area (Å²) >= 11 is 0. The highest BCUT2D eigenvalue weighted by Gasteiger charge is 2.52. The van der Waals surface area contributed by atoms with Crippen LogP contribution in [0.5, 0.6) is 0 Å². The summed E-state index contributed by atoms with van der Waals surface area (Å²) in [6.07, 6.45) is 13.2. The fourth-order valence-electron chi connectivity index (χ4n) is 6.68. The van der Waals surface area contributed by atoms with E-state index in [4.69, 9.17) is 0 Å². The molecule has 33 heavy (non-hydrogen) atoms. The highest BCUT2D eigenvalue weighted by molar-refractivity contribution is 6.08. The number of aromatic amines is 1. The van der Waals surface area contributed by atoms with Crippen LogP contribution in [0.1, 0.15) is 53.3 Å². The summed E-state index contributed by atoms with van der Waals surface area (Å²) in [6, 6.07) is 22.8. The number of hydrogen-bond acceptors (Lipinski definition) is 0. The van der Waals surface area contributed by atoms with Gasteiger partial charge in [-0.1, -0.05) is 91.5 Å². The van der Waals surface area contributed by atoms with E-state index in [1.54, 1.807) is 0 Å². The van der Waals surface area contributed by atoms with Crippen LogP contribution in [0.25, 0.3) is 39.8 Å². The molecule has 0 saturated carbocycles. The van der Waals surface area contributed by atoms with E-state index in [-0.39, 0.29) is 5.41 Å². The lowest BCUT2D eigenvalue weighted by molar-refractivity contribution is 0.781. The van der Waals surface area contributed by atoms with Crippen molar-refractivity contribution in [1.29, 1.82) is 0 Å². The number of aromatic nitrogens is 1. The van der Waals surface area contributed by atoms with Gasteiger partial charge in [-0.3, -0.25) is 0 Å². The van der Waals surface area contributed by atoms with Crippen LogP contribution in [0.15, 0.2) is 91.0 Å². The summed E-state index contributed by atoms with van der Waals surface area (Å²) in [6.45, 7) is 6.18. The van der Waals surface area contributed by atoms with Crippen LogP contribution < -0.4 is 0 Å². The highest BCUT2D eigenvalue weighted by atomic mass is 14.7. The predicted octanol–water partition coefficient (Wildman–Crippen LogP) is 8.28. The van der Waals surface area contributed by atoms with Gasteiger partial charge in [-0.2, -0.15) is 0 Å². The first-order valence-electron chi connectivity index (χ1n) is 11.8. The third kappa shape index (κ3) is 2.13. The van der Waals surface area contributed by atoms with Gasteiger partial charge in [0.05, 0.1) is 10.9 Å². The normalized spacial score (nSPS) is 19.9. The molecule has 3 aliphatic rings. The smallest absolute Gasteiger partial charge is 0.0722 e. The van der Waals surface area contributed by atoms with Gasteiger partial charge in [0, 0.05) is 22.2 Å². The molecule has 0 saturated heterocycles. The Labute approximate surface area is 194 Å². The van der Waals surface area contributed by atoms with Crippen LogP contribution in [0.4, 0.5) is 0 Å². The second-order valence-corrected chi connectivity index (χ2v) is 9.24. The number of fused-ring (bicyclic) bond motifs is 11. The van der Waals surface area contributed by atoms with Crippen molar-refractivity contribution < 1.29 is 0 Å². The third-order valence-electron chi connectivity index (χ3n) is 7.82. The average Bonchev–Trinajstić information content (AvgIpc) is 3.47. The van der Waals surface area contributed by atoms with E-state index < -0.39 is 0 Å². The standard InChI is InChI=1S/C32H25N/c1-3-11-29-20(4-2)23-18-19-28-30(31(23)33-29)24-14-7-10-17-27(24)32(28)25-15-8-5-12-21(25)22-13-6-9-16-26(22)32/h3-5,7-12,14-19,33H,2,6,13H2,1H3/b11-3-. The van der Waals surface area contributed by atoms with Gasteiger partial charge in [0.15, 0.2) is 0 Å². The van der Waals surface area contributed by atoms with Crippen molar-refractivity contribution in [2.24, 2.45) is 0 Å². The molecular weight excluding hydrogens is 398 g/mol. The molecule has 1 heteroatoms. The summed E-state index contributed by atoms with van der Waals surface area (Å²) in [5.41, 5.74) is 14.6. The zero-order valence-electron chi connectivity index (χ0n) is 18.8. The Morgan fingerprint density at radius 2 is 1.67 bits per heavy atom. The number of benzene rings is 3. The quantitative estimate of drug-likeness (QED) is 0.334. The second kappa shape index (κ2) is 6.59. The highest BCUT2D eigenvalue weighted by Crippen LogP contribution is 2.64. The Morgan fingerprint density at radius 1 is 0.909 bits per heavy atom. The maximum atomic E-state index is 4.12. The van der Waals surface area contributed by atoms with Crippen molar-refractivity contribution in [3.8, 4) is 11.1 Å². The molecular formula is C32H25N. The van der Waals surface area contributed by atoms with Gasteiger partial charge in [-0.15, -0.1) is 0 Å². The zero-order valence-corrected chi connectivity index (χ0v) is 18.8. The SMILES string of the molecule is C=Cc1c(/C=C\C)[nH]c2c3c(ccc12)C1(C2=C(CCC=C2)c2ccccc21)c1ccccc1-3. The summed E-state index contributed by atoms with van der Waals surface area (Å²) in [5.74, 6) is 0. The molecule has 1 atom stereocenters. The lowest BCUT2D eigenvalue weighted by atomic mass is 9.69. The van der Waals surface area contributed by atoms with Gasteiger partial charge >= 0.3 is 0 Å². The minimum Gasteiger partial charge on any atom is -0.354 e. The zero-order chi connectivity index (χ0) is 22.2. The molecule has 1 spiro atoms. The van der Waals surface area contributed by atoms with Crippen LogP contribution in [0, 0.1) is 0 Å². The number of hydrogen-bond donors (Lipinski definition) is 1. The summed E-state index contributed by atoms with van der Waals surface area (Å²) in [7, 11) is 0. The van der Waals surface area contributed by atoms with Crippen LogP contribution in [0.3, 0.4) is 0 Å². The first kappa shape index (κ1) is 18.7. The first-order chi connectivity index (χ1) is 16.3. The Morgan fingerprint density at radius 3 is 2.45 bits per heavy atom. The maximum absolute atomic E-state index is 4.12. The van der Waals surface area contributed by atoms with Crippen molar-refractivity contribution in [2.45, 2.75) is 25.2 Å². The van der Waals surface area contributed by atoms with Crippen LogP contribution in [0.2, 0.25) is 0 Å². The van der Waals surface area contributed by atoms with E-state index in [1.807, 2.05) is 6.08 Å². The molecule has 158 valence electrons. The number of nitrogens with one attached hydrogen (secondary N) is 1. The van der Waals surface area contributed by atoms with Crippen LogP contribution >= 0.6 is 0 Å². The van der Waals surface area contributed by atoms with Crippen molar-refractivity contribution in [1.82, 2.24) is 4.98 Å². The minimum absolute atomic E-state index is 0.247.